The number of halogens is 3. The highest BCUT2D eigenvalue weighted by Crippen LogP contribution is 2.49. The lowest BCUT2D eigenvalue weighted by Gasteiger charge is -2.34. The van der Waals surface area contributed by atoms with E-state index in [0.717, 1.165) is 39.0 Å². The Morgan fingerprint density at radius 1 is 1.32 bits per heavy atom. The van der Waals surface area contributed by atoms with Crippen LogP contribution < -0.4 is 0 Å². The summed E-state index contributed by atoms with van der Waals surface area (Å²) in [6.45, 7) is 3.57. The Labute approximate surface area is 111 Å². The molecule has 2 heterocycles. The number of piperidine rings is 1. The minimum atomic E-state index is -4.32. The van der Waals surface area contributed by atoms with Crippen LogP contribution in [0.1, 0.15) is 19.3 Å². The molecule has 19 heavy (non-hydrogen) atoms. The molecule has 1 fully saturated rings. The summed E-state index contributed by atoms with van der Waals surface area (Å²) in [6, 6.07) is 0. The highest BCUT2D eigenvalue weighted by Gasteiger charge is 2.64. The predicted octanol–water partition coefficient (Wildman–Crippen LogP) is 2.37. The SMILES string of the molecule is CN(C)CCN1CCCC(CC2(C(F)(F)F)N=N2)C1. The van der Waals surface area contributed by atoms with Gasteiger partial charge in [-0.2, -0.15) is 13.2 Å². The smallest absolute Gasteiger partial charge is 0.308 e. The van der Waals surface area contributed by atoms with Gasteiger partial charge in [0.2, 0.25) is 0 Å². The zero-order valence-corrected chi connectivity index (χ0v) is 11.4. The molecular formula is C12H21F3N4. The number of alkyl halides is 3. The Kier molecular flexibility index (Phi) is 4.15. The van der Waals surface area contributed by atoms with Crippen LogP contribution in [0.5, 0.6) is 0 Å². The molecule has 0 aromatic rings. The Balaban J connectivity index is 1.82. The molecule has 0 saturated carbocycles. The fourth-order valence-corrected chi connectivity index (χ4v) is 2.64. The van der Waals surface area contributed by atoms with Crippen LogP contribution in [-0.4, -0.2) is 61.9 Å². The van der Waals surface area contributed by atoms with Crippen molar-refractivity contribution >= 4 is 0 Å². The van der Waals surface area contributed by atoms with Crippen LogP contribution in [0.2, 0.25) is 0 Å². The first-order valence-electron chi connectivity index (χ1n) is 6.70. The summed E-state index contributed by atoms with van der Waals surface area (Å²) in [5, 5.41) is 6.54. The number of likely N-dealkylation sites (N-methyl/N-ethyl adjacent to an activating group) is 1. The lowest BCUT2D eigenvalue weighted by atomic mass is 9.89. The number of likely N-dealkylation sites (tertiary alicyclic amines) is 1. The Morgan fingerprint density at radius 3 is 2.53 bits per heavy atom. The lowest BCUT2D eigenvalue weighted by Crippen LogP contribution is -2.43. The van der Waals surface area contributed by atoms with Gasteiger partial charge in [-0.15, -0.1) is 10.2 Å². The molecule has 0 radical (unpaired) electrons. The van der Waals surface area contributed by atoms with Gasteiger partial charge in [-0.05, 0) is 39.4 Å². The molecule has 0 aromatic carbocycles. The molecule has 2 rings (SSSR count). The first-order valence-corrected chi connectivity index (χ1v) is 6.70. The van der Waals surface area contributed by atoms with E-state index in [2.05, 4.69) is 20.0 Å². The molecule has 4 nitrogen and oxygen atoms in total. The van der Waals surface area contributed by atoms with E-state index in [1.54, 1.807) is 0 Å². The molecule has 0 aliphatic carbocycles. The van der Waals surface area contributed by atoms with Gasteiger partial charge >= 0.3 is 6.18 Å². The van der Waals surface area contributed by atoms with Crippen molar-refractivity contribution in [3.8, 4) is 0 Å². The van der Waals surface area contributed by atoms with Crippen molar-refractivity contribution in [1.82, 2.24) is 9.80 Å². The third kappa shape index (κ3) is 3.66. The molecule has 0 amide bonds. The van der Waals surface area contributed by atoms with Crippen LogP contribution in [0.15, 0.2) is 10.2 Å². The van der Waals surface area contributed by atoms with Crippen LogP contribution in [0.4, 0.5) is 13.2 Å². The molecule has 1 atom stereocenters. The van der Waals surface area contributed by atoms with E-state index < -0.39 is 11.8 Å². The normalized spacial score (nSPS) is 26.9. The average Bonchev–Trinajstić information content (AvgIpc) is 3.07. The maximum absolute atomic E-state index is 12.8. The number of hydrogen-bond acceptors (Lipinski definition) is 4. The van der Waals surface area contributed by atoms with E-state index in [1.165, 1.54) is 0 Å². The van der Waals surface area contributed by atoms with Gasteiger partial charge < -0.3 is 9.80 Å². The summed E-state index contributed by atoms with van der Waals surface area (Å²) in [6.07, 6.45) is -2.48. The molecule has 2 aliphatic heterocycles. The molecule has 0 aromatic heterocycles. The molecule has 110 valence electrons. The Bertz CT molecular complexity index is 334. The first-order chi connectivity index (χ1) is 8.82. The zero-order chi connectivity index (χ0) is 14.1. The molecule has 1 unspecified atom stereocenters. The van der Waals surface area contributed by atoms with Crippen LogP contribution in [0.3, 0.4) is 0 Å². The predicted molar refractivity (Wildman–Crippen MR) is 66.0 cm³/mol. The number of nitrogens with zero attached hydrogens (tertiary/aromatic N) is 4. The average molecular weight is 278 g/mol. The van der Waals surface area contributed by atoms with Gasteiger partial charge in [-0.25, -0.2) is 0 Å². The summed E-state index contributed by atoms with van der Waals surface area (Å²) in [4.78, 5) is 4.34. The van der Waals surface area contributed by atoms with E-state index in [0.29, 0.717) is 0 Å². The standard InChI is InChI=1S/C12H21F3N4/c1-18(2)6-7-19-5-3-4-10(9-19)8-11(16-17-11)12(13,14)15/h10H,3-9H2,1-2H3. The third-order valence-electron chi connectivity index (χ3n) is 3.84. The van der Waals surface area contributed by atoms with Gasteiger partial charge in [0, 0.05) is 26.1 Å². The van der Waals surface area contributed by atoms with Gasteiger partial charge in [0.15, 0.2) is 0 Å². The van der Waals surface area contributed by atoms with E-state index in [4.69, 9.17) is 0 Å². The van der Waals surface area contributed by atoms with Crippen molar-refractivity contribution in [2.75, 3.05) is 40.3 Å². The molecule has 2 aliphatic rings. The van der Waals surface area contributed by atoms with E-state index >= 15 is 0 Å². The topological polar surface area (TPSA) is 31.2 Å². The molecule has 1 saturated heterocycles. The van der Waals surface area contributed by atoms with Crippen LogP contribution in [-0.2, 0) is 0 Å². The summed E-state index contributed by atoms with van der Waals surface area (Å²) < 4.78 is 38.4. The second kappa shape index (κ2) is 5.36. The van der Waals surface area contributed by atoms with Crippen molar-refractivity contribution < 1.29 is 13.2 Å². The summed E-state index contributed by atoms with van der Waals surface area (Å²) in [5.74, 6) is 0.0486. The van der Waals surface area contributed by atoms with Gasteiger partial charge in [0.1, 0.15) is 0 Å². The fourth-order valence-electron chi connectivity index (χ4n) is 2.64. The second-order valence-corrected chi connectivity index (χ2v) is 5.83. The summed E-state index contributed by atoms with van der Waals surface area (Å²) in [7, 11) is 4.00. The molecule has 0 bridgehead atoms. The van der Waals surface area contributed by atoms with Crippen LogP contribution in [0, 0.1) is 5.92 Å². The highest BCUT2D eigenvalue weighted by molar-refractivity contribution is 5.02. The van der Waals surface area contributed by atoms with Crippen molar-refractivity contribution in [3.63, 3.8) is 0 Å². The van der Waals surface area contributed by atoms with Gasteiger partial charge in [-0.1, -0.05) is 0 Å². The van der Waals surface area contributed by atoms with Crippen molar-refractivity contribution in [3.05, 3.63) is 0 Å². The quantitative estimate of drug-likeness (QED) is 0.773. The van der Waals surface area contributed by atoms with Crippen LogP contribution in [0.25, 0.3) is 0 Å². The summed E-state index contributed by atoms with van der Waals surface area (Å²) in [5.41, 5.74) is -2.07. The van der Waals surface area contributed by atoms with Gasteiger partial charge in [0.25, 0.3) is 5.66 Å². The second-order valence-electron chi connectivity index (χ2n) is 5.83. The van der Waals surface area contributed by atoms with E-state index in [9.17, 15) is 13.2 Å². The van der Waals surface area contributed by atoms with Gasteiger partial charge in [0.05, 0.1) is 0 Å². The monoisotopic (exact) mass is 278 g/mol. The molecule has 0 spiro atoms. The van der Waals surface area contributed by atoms with E-state index in [1.807, 2.05) is 14.1 Å². The maximum Gasteiger partial charge on any atom is 0.437 e. The minimum Gasteiger partial charge on any atom is -0.308 e. The molecule has 7 heteroatoms. The minimum absolute atomic E-state index is 0.0228. The number of rotatable bonds is 5. The fraction of sp³-hybridized carbons (Fsp3) is 1.00. The van der Waals surface area contributed by atoms with E-state index in [-0.39, 0.29) is 12.3 Å². The molecule has 0 N–H and O–H groups in total. The van der Waals surface area contributed by atoms with Crippen molar-refractivity contribution in [2.45, 2.75) is 31.1 Å². The van der Waals surface area contributed by atoms with Crippen LogP contribution >= 0.6 is 0 Å². The lowest BCUT2D eigenvalue weighted by molar-refractivity contribution is -0.168. The summed E-state index contributed by atoms with van der Waals surface area (Å²) >= 11 is 0. The highest BCUT2D eigenvalue weighted by atomic mass is 19.4. The third-order valence-corrected chi connectivity index (χ3v) is 3.84. The van der Waals surface area contributed by atoms with Crippen molar-refractivity contribution in [2.24, 2.45) is 16.1 Å². The molecular weight excluding hydrogens is 257 g/mol. The number of hydrogen-bond donors (Lipinski definition) is 0. The zero-order valence-electron chi connectivity index (χ0n) is 11.4. The first kappa shape index (κ1) is 14.7. The largest absolute Gasteiger partial charge is 0.437 e. The van der Waals surface area contributed by atoms with Crippen molar-refractivity contribution in [1.29, 1.82) is 0 Å². The maximum atomic E-state index is 12.8. The Hall–Kier alpha value is -0.690. The Morgan fingerprint density at radius 2 is 2.00 bits per heavy atom. The van der Waals surface area contributed by atoms with Gasteiger partial charge in [-0.3, -0.25) is 0 Å².